The quantitative estimate of drug-likeness (QED) is 0.250. The van der Waals surface area contributed by atoms with E-state index < -0.39 is 6.04 Å². The van der Waals surface area contributed by atoms with Gasteiger partial charge < -0.3 is 30.2 Å². The van der Waals surface area contributed by atoms with Crippen LogP contribution in [0.1, 0.15) is 36.0 Å². The molecule has 3 N–H and O–H groups in total. The first-order valence-electron chi connectivity index (χ1n) is 10.5. The first-order chi connectivity index (χ1) is 15.9. The van der Waals surface area contributed by atoms with Gasteiger partial charge in [0, 0.05) is 31.5 Å². The van der Waals surface area contributed by atoms with E-state index >= 15 is 0 Å². The van der Waals surface area contributed by atoms with Gasteiger partial charge in [0.1, 0.15) is 6.04 Å². The van der Waals surface area contributed by atoms with E-state index in [0.29, 0.717) is 42.2 Å². The molecule has 1 atom stereocenters. The molecule has 0 saturated heterocycles. The molecule has 0 aliphatic rings. The van der Waals surface area contributed by atoms with Crippen molar-refractivity contribution in [1.82, 2.24) is 16.0 Å². The third-order valence-electron chi connectivity index (χ3n) is 4.63. The number of methoxy groups -OCH3 is 3. The van der Waals surface area contributed by atoms with Crippen LogP contribution in [-0.4, -0.2) is 76.2 Å². The van der Waals surface area contributed by atoms with Crippen molar-refractivity contribution in [3.63, 3.8) is 0 Å². The van der Waals surface area contributed by atoms with Crippen LogP contribution < -0.4 is 25.4 Å². The van der Waals surface area contributed by atoms with Crippen molar-refractivity contribution in [3.8, 4) is 11.5 Å². The topological polar surface area (TPSA) is 132 Å². The van der Waals surface area contributed by atoms with Crippen molar-refractivity contribution in [1.29, 1.82) is 0 Å². The van der Waals surface area contributed by atoms with Crippen LogP contribution in [-0.2, 0) is 19.1 Å². The van der Waals surface area contributed by atoms with E-state index in [2.05, 4.69) is 20.7 Å². The number of carbonyl (C=O) groups is 4. The summed E-state index contributed by atoms with van der Waals surface area (Å²) in [6, 6.07) is 4.09. The molecular formula is C22H33N3O7S. The number of rotatable bonds is 15. The van der Waals surface area contributed by atoms with Crippen LogP contribution in [0.3, 0.4) is 0 Å². The number of esters is 1. The summed E-state index contributed by atoms with van der Waals surface area (Å²) in [6.45, 7) is 0.413. The fraction of sp³-hybridized carbons (Fsp3) is 0.545. The van der Waals surface area contributed by atoms with Crippen LogP contribution in [0.2, 0.25) is 0 Å². The van der Waals surface area contributed by atoms with Gasteiger partial charge in [0.05, 0.1) is 21.3 Å². The summed E-state index contributed by atoms with van der Waals surface area (Å²) in [5.41, 5.74) is 0.372. The number of amides is 3. The van der Waals surface area contributed by atoms with Gasteiger partial charge in [-0.1, -0.05) is 0 Å². The van der Waals surface area contributed by atoms with Crippen LogP contribution in [0.25, 0.3) is 0 Å². The largest absolute Gasteiger partial charge is 0.493 e. The molecule has 0 unspecified atom stereocenters. The van der Waals surface area contributed by atoms with E-state index in [4.69, 9.17) is 9.47 Å². The number of hydrogen-bond donors (Lipinski definition) is 3. The Hall–Kier alpha value is -2.95. The molecule has 10 nitrogen and oxygen atoms in total. The Morgan fingerprint density at radius 2 is 1.70 bits per heavy atom. The normalized spacial score (nSPS) is 11.2. The molecule has 0 bridgehead atoms. The Labute approximate surface area is 198 Å². The standard InChI is InChI=1S/C22H33N3O7S/c1-30-17-8-7-15(14-18(17)31-2)21(28)24-12-9-19(26)25-16(10-13-33-4)22(29)23-11-5-6-20(27)32-3/h7-8,14,16H,5-6,9-13H2,1-4H3,(H,23,29)(H,24,28)(H,25,26)/t16-/m0/s1. The maximum Gasteiger partial charge on any atom is 0.305 e. The van der Waals surface area contributed by atoms with Gasteiger partial charge in [0.2, 0.25) is 11.8 Å². The molecule has 184 valence electrons. The Bertz CT molecular complexity index is 804. The molecule has 1 rings (SSSR count). The highest BCUT2D eigenvalue weighted by molar-refractivity contribution is 7.98. The molecular weight excluding hydrogens is 450 g/mol. The van der Waals surface area contributed by atoms with Gasteiger partial charge in [0.25, 0.3) is 5.91 Å². The summed E-state index contributed by atoms with van der Waals surface area (Å²) < 4.78 is 14.9. The maximum absolute atomic E-state index is 12.4. The molecule has 0 aliphatic carbocycles. The van der Waals surface area contributed by atoms with Gasteiger partial charge >= 0.3 is 5.97 Å². The van der Waals surface area contributed by atoms with Crippen molar-refractivity contribution in [2.24, 2.45) is 0 Å². The van der Waals surface area contributed by atoms with Crippen molar-refractivity contribution in [2.75, 3.05) is 46.4 Å². The predicted octanol–water partition coefficient (Wildman–Crippen LogP) is 1.13. The molecule has 0 saturated carbocycles. The van der Waals surface area contributed by atoms with Crippen molar-refractivity contribution >= 4 is 35.5 Å². The molecule has 33 heavy (non-hydrogen) atoms. The first kappa shape index (κ1) is 28.1. The first-order valence-corrected chi connectivity index (χ1v) is 11.9. The molecule has 0 radical (unpaired) electrons. The molecule has 1 aromatic carbocycles. The average molecular weight is 484 g/mol. The van der Waals surface area contributed by atoms with Gasteiger partial charge in [-0.05, 0) is 43.0 Å². The van der Waals surface area contributed by atoms with Crippen LogP contribution in [0, 0.1) is 0 Å². The lowest BCUT2D eigenvalue weighted by Gasteiger charge is -2.18. The minimum Gasteiger partial charge on any atom is -0.493 e. The number of carbonyl (C=O) groups excluding carboxylic acids is 4. The number of thioether (sulfide) groups is 1. The van der Waals surface area contributed by atoms with Gasteiger partial charge in [-0.3, -0.25) is 19.2 Å². The van der Waals surface area contributed by atoms with Crippen molar-refractivity contribution in [3.05, 3.63) is 23.8 Å². The molecule has 1 aromatic rings. The lowest BCUT2D eigenvalue weighted by atomic mass is 10.1. The minimum atomic E-state index is -0.690. The number of nitrogens with one attached hydrogen (secondary N) is 3. The summed E-state index contributed by atoms with van der Waals surface area (Å²) in [4.78, 5) is 48.3. The highest BCUT2D eigenvalue weighted by Crippen LogP contribution is 2.27. The number of benzene rings is 1. The highest BCUT2D eigenvalue weighted by atomic mass is 32.2. The number of ether oxygens (including phenoxy) is 3. The van der Waals surface area contributed by atoms with Crippen LogP contribution in [0.5, 0.6) is 11.5 Å². The molecule has 0 fully saturated rings. The van der Waals surface area contributed by atoms with E-state index in [9.17, 15) is 19.2 Å². The summed E-state index contributed by atoms with van der Waals surface area (Å²) in [7, 11) is 4.29. The Morgan fingerprint density at radius 3 is 2.33 bits per heavy atom. The molecule has 3 amide bonds. The minimum absolute atomic E-state index is 0.0183. The zero-order valence-electron chi connectivity index (χ0n) is 19.5. The molecule has 0 aromatic heterocycles. The lowest BCUT2D eigenvalue weighted by molar-refractivity contribution is -0.140. The van der Waals surface area contributed by atoms with E-state index in [-0.39, 0.29) is 43.1 Å². The Morgan fingerprint density at radius 1 is 0.970 bits per heavy atom. The summed E-state index contributed by atoms with van der Waals surface area (Å²) in [5.74, 6) is 0.273. The fourth-order valence-corrected chi connectivity index (χ4v) is 3.28. The third-order valence-corrected chi connectivity index (χ3v) is 5.27. The summed E-state index contributed by atoms with van der Waals surface area (Å²) >= 11 is 1.57. The van der Waals surface area contributed by atoms with Gasteiger partial charge in [0.15, 0.2) is 11.5 Å². The highest BCUT2D eigenvalue weighted by Gasteiger charge is 2.20. The van der Waals surface area contributed by atoms with Gasteiger partial charge in [-0.25, -0.2) is 0 Å². The van der Waals surface area contributed by atoms with Crippen molar-refractivity contribution in [2.45, 2.75) is 31.7 Å². The predicted molar refractivity (Wildman–Crippen MR) is 126 cm³/mol. The maximum atomic E-state index is 12.4. The van der Waals surface area contributed by atoms with E-state index in [1.807, 2.05) is 6.26 Å². The Balaban J connectivity index is 2.50. The van der Waals surface area contributed by atoms with E-state index in [1.54, 1.807) is 30.0 Å². The van der Waals surface area contributed by atoms with Crippen LogP contribution in [0.15, 0.2) is 18.2 Å². The molecule has 11 heteroatoms. The van der Waals surface area contributed by atoms with Gasteiger partial charge in [-0.2, -0.15) is 11.8 Å². The molecule has 0 spiro atoms. The lowest BCUT2D eigenvalue weighted by Crippen LogP contribution is -2.47. The number of hydrogen-bond acceptors (Lipinski definition) is 8. The van der Waals surface area contributed by atoms with Crippen LogP contribution in [0.4, 0.5) is 0 Å². The van der Waals surface area contributed by atoms with Crippen molar-refractivity contribution < 1.29 is 33.4 Å². The SMILES string of the molecule is COC(=O)CCCNC(=O)[C@H](CCSC)NC(=O)CCNC(=O)c1ccc(OC)c(OC)c1. The van der Waals surface area contributed by atoms with Gasteiger partial charge in [-0.15, -0.1) is 0 Å². The Kier molecular flexibility index (Phi) is 13.4. The summed E-state index contributed by atoms with van der Waals surface area (Å²) in [5, 5.41) is 8.12. The van der Waals surface area contributed by atoms with E-state index in [0.717, 1.165) is 0 Å². The second-order valence-electron chi connectivity index (χ2n) is 6.95. The van der Waals surface area contributed by atoms with E-state index in [1.165, 1.54) is 21.3 Å². The second-order valence-corrected chi connectivity index (χ2v) is 7.93. The second kappa shape index (κ2) is 15.8. The zero-order valence-corrected chi connectivity index (χ0v) is 20.3. The average Bonchev–Trinajstić information content (AvgIpc) is 2.83. The smallest absolute Gasteiger partial charge is 0.305 e. The molecule has 0 aliphatic heterocycles. The fourth-order valence-electron chi connectivity index (χ4n) is 2.81. The summed E-state index contributed by atoms with van der Waals surface area (Å²) in [6.07, 6.45) is 3.05. The van der Waals surface area contributed by atoms with Crippen LogP contribution >= 0.6 is 11.8 Å². The third kappa shape index (κ3) is 10.5. The molecule has 0 heterocycles. The zero-order chi connectivity index (χ0) is 24.6. The monoisotopic (exact) mass is 483 g/mol.